The number of piperidine rings is 1. The summed E-state index contributed by atoms with van der Waals surface area (Å²) in [6.07, 6.45) is 4.03. The Balaban J connectivity index is 1.72. The molecule has 2 aliphatic rings. The van der Waals surface area contributed by atoms with Crippen LogP contribution in [0.3, 0.4) is 0 Å². The van der Waals surface area contributed by atoms with E-state index < -0.39 is 0 Å². The Bertz CT molecular complexity index is 839. The second-order valence-electron chi connectivity index (χ2n) is 8.25. The number of hydrogen-bond donors (Lipinski definition) is 0. The lowest BCUT2D eigenvalue weighted by Crippen LogP contribution is -2.36. The molecule has 4 rings (SSSR count). The zero-order valence-electron chi connectivity index (χ0n) is 15.7. The van der Waals surface area contributed by atoms with Gasteiger partial charge in [0.25, 0.3) is 5.56 Å². The summed E-state index contributed by atoms with van der Waals surface area (Å²) in [7, 11) is 4.12. The van der Waals surface area contributed by atoms with Gasteiger partial charge in [-0.3, -0.25) is 9.69 Å². The van der Waals surface area contributed by atoms with Gasteiger partial charge < -0.3 is 9.47 Å². The topological polar surface area (TPSA) is 28.5 Å². The van der Waals surface area contributed by atoms with Crippen molar-refractivity contribution in [1.29, 1.82) is 0 Å². The van der Waals surface area contributed by atoms with E-state index in [1.165, 1.54) is 36.8 Å². The van der Waals surface area contributed by atoms with Crippen molar-refractivity contribution < 1.29 is 0 Å². The minimum absolute atomic E-state index is 0.197. The van der Waals surface area contributed by atoms with Crippen LogP contribution in [0.15, 0.2) is 29.1 Å². The number of pyridine rings is 1. The number of aromatic nitrogens is 1. The number of benzene rings is 1. The van der Waals surface area contributed by atoms with Crippen LogP contribution >= 0.6 is 0 Å². The number of likely N-dealkylation sites (N-methyl/N-ethyl adjacent to an activating group) is 1. The van der Waals surface area contributed by atoms with Crippen LogP contribution in [0.5, 0.6) is 0 Å². The summed E-state index contributed by atoms with van der Waals surface area (Å²) < 4.78 is 1.99. The van der Waals surface area contributed by atoms with E-state index in [0.717, 1.165) is 36.6 Å². The number of fused-ring (bicyclic) bond motifs is 3. The van der Waals surface area contributed by atoms with Crippen molar-refractivity contribution in [2.45, 2.75) is 45.3 Å². The third-order valence-electron chi connectivity index (χ3n) is 5.99. The van der Waals surface area contributed by atoms with E-state index in [-0.39, 0.29) is 5.56 Å². The van der Waals surface area contributed by atoms with E-state index in [2.05, 4.69) is 55.1 Å². The second-order valence-corrected chi connectivity index (χ2v) is 8.25. The minimum Gasteiger partial charge on any atom is -0.308 e. The first-order valence-corrected chi connectivity index (χ1v) is 9.53. The van der Waals surface area contributed by atoms with Crippen LogP contribution in [-0.2, 0) is 13.1 Å². The van der Waals surface area contributed by atoms with E-state index in [1.807, 2.05) is 4.57 Å². The highest BCUT2D eigenvalue weighted by molar-refractivity contribution is 5.80. The third kappa shape index (κ3) is 3.25. The fourth-order valence-corrected chi connectivity index (χ4v) is 4.62. The molecule has 1 aromatic carbocycles. The van der Waals surface area contributed by atoms with Gasteiger partial charge in [-0.2, -0.15) is 0 Å². The second kappa shape index (κ2) is 6.58. The van der Waals surface area contributed by atoms with Crippen LogP contribution < -0.4 is 5.56 Å². The number of rotatable bonds is 5. The Morgan fingerprint density at radius 1 is 1.20 bits per heavy atom. The Morgan fingerprint density at radius 2 is 2.04 bits per heavy atom. The summed E-state index contributed by atoms with van der Waals surface area (Å²) in [5.74, 6) is 0.865. The molecule has 1 aliphatic heterocycles. The molecule has 25 heavy (non-hydrogen) atoms. The molecule has 2 unspecified atom stereocenters. The van der Waals surface area contributed by atoms with Crippen molar-refractivity contribution in [2.75, 3.05) is 27.2 Å². The van der Waals surface area contributed by atoms with Gasteiger partial charge in [-0.05, 0) is 69.3 Å². The van der Waals surface area contributed by atoms with Gasteiger partial charge >= 0.3 is 0 Å². The fourth-order valence-electron chi connectivity index (χ4n) is 4.62. The Kier molecular flexibility index (Phi) is 4.42. The monoisotopic (exact) mass is 339 g/mol. The predicted molar refractivity (Wildman–Crippen MR) is 103 cm³/mol. The lowest BCUT2D eigenvalue weighted by molar-refractivity contribution is 0.204. The molecule has 0 amide bonds. The summed E-state index contributed by atoms with van der Waals surface area (Å²) >= 11 is 0. The fraction of sp³-hybridized carbons (Fsp3) is 0.571. The lowest BCUT2D eigenvalue weighted by atomic mass is 10.1. The molecule has 1 saturated carbocycles. The van der Waals surface area contributed by atoms with Gasteiger partial charge in [-0.15, -0.1) is 0 Å². The average molecular weight is 339 g/mol. The molecule has 4 heteroatoms. The SMILES string of the molecule is Cc1ccc2cc(CN3CC4CCC3C4)c(=O)n(CCN(C)C)c2c1. The highest BCUT2D eigenvalue weighted by Gasteiger charge is 2.37. The van der Waals surface area contributed by atoms with Gasteiger partial charge in [0.1, 0.15) is 0 Å². The van der Waals surface area contributed by atoms with Gasteiger partial charge in [0, 0.05) is 37.8 Å². The Hall–Kier alpha value is -1.65. The normalized spacial score (nSPS) is 23.2. The highest BCUT2D eigenvalue weighted by atomic mass is 16.1. The summed E-state index contributed by atoms with van der Waals surface area (Å²) in [6.45, 7) is 5.70. The van der Waals surface area contributed by atoms with Gasteiger partial charge in [-0.1, -0.05) is 12.1 Å². The third-order valence-corrected chi connectivity index (χ3v) is 5.99. The summed E-state index contributed by atoms with van der Waals surface area (Å²) in [5, 5.41) is 1.18. The van der Waals surface area contributed by atoms with E-state index in [9.17, 15) is 4.79 Å². The van der Waals surface area contributed by atoms with Crippen molar-refractivity contribution in [3.8, 4) is 0 Å². The van der Waals surface area contributed by atoms with Crippen LogP contribution in [0.1, 0.15) is 30.4 Å². The highest BCUT2D eigenvalue weighted by Crippen LogP contribution is 2.38. The molecule has 1 saturated heterocycles. The molecule has 2 heterocycles. The predicted octanol–water partition coefficient (Wildman–Crippen LogP) is 2.86. The maximum absolute atomic E-state index is 13.2. The molecule has 2 atom stereocenters. The van der Waals surface area contributed by atoms with Gasteiger partial charge in [0.2, 0.25) is 0 Å². The zero-order valence-corrected chi connectivity index (χ0v) is 15.7. The van der Waals surface area contributed by atoms with Crippen molar-refractivity contribution in [3.05, 3.63) is 45.7 Å². The maximum atomic E-state index is 13.2. The smallest absolute Gasteiger partial charge is 0.255 e. The quantitative estimate of drug-likeness (QED) is 0.839. The van der Waals surface area contributed by atoms with E-state index >= 15 is 0 Å². The molecule has 1 aliphatic carbocycles. The number of likely N-dealkylation sites (tertiary alicyclic amines) is 1. The van der Waals surface area contributed by atoms with Crippen LogP contribution in [0.2, 0.25) is 0 Å². The molecule has 0 radical (unpaired) electrons. The molecule has 0 spiro atoms. The number of aryl methyl sites for hydroxylation is 1. The standard InChI is InChI=1S/C21H29N3O/c1-15-4-6-17-12-18(14-23-13-16-5-7-19(23)11-16)21(25)24(20(17)10-15)9-8-22(2)3/h4,6,10,12,16,19H,5,7-9,11,13-14H2,1-3H3. The Labute approximate surface area is 150 Å². The number of nitrogens with zero attached hydrogens (tertiary/aromatic N) is 3. The van der Waals surface area contributed by atoms with Crippen LogP contribution in [-0.4, -0.2) is 47.6 Å². The van der Waals surface area contributed by atoms with E-state index in [0.29, 0.717) is 6.04 Å². The largest absolute Gasteiger partial charge is 0.308 e. The van der Waals surface area contributed by atoms with Gasteiger partial charge in [0.15, 0.2) is 0 Å². The van der Waals surface area contributed by atoms with Crippen LogP contribution in [0.4, 0.5) is 0 Å². The van der Waals surface area contributed by atoms with Crippen molar-refractivity contribution >= 4 is 10.9 Å². The average Bonchev–Trinajstić information content (AvgIpc) is 3.18. The van der Waals surface area contributed by atoms with Crippen molar-refractivity contribution in [2.24, 2.45) is 5.92 Å². The molecule has 2 bridgehead atoms. The zero-order chi connectivity index (χ0) is 17.6. The first-order chi connectivity index (χ1) is 12.0. The number of hydrogen-bond acceptors (Lipinski definition) is 3. The maximum Gasteiger partial charge on any atom is 0.255 e. The Morgan fingerprint density at radius 3 is 2.72 bits per heavy atom. The van der Waals surface area contributed by atoms with Gasteiger partial charge in [0.05, 0.1) is 5.52 Å². The molecule has 134 valence electrons. The van der Waals surface area contributed by atoms with E-state index in [1.54, 1.807) is 0 Å². The van der Waals surface area contributed by atoms with Crippen LogP contribution in [0, 0.1) is 12.8 Å². The summed E-state index contributed by atoms with van der Waals surface area (Å²) in [4.78, 5) is 17.9. The van der Waals surface area contributed by atoms with Crippen LogP contribution in [0.25, 0.3) is 10.9 Å². The van der Waals surface area contributed by atoms with E-state index in [4.69, 9.17) is 0 Å². The lowest BCUT2D eigenvalue weighted by Gasteiger charge is -2.27. The minimum atomic E-state index is 0.197. The molecule has 1 aromatic heterocycles. The molecule has 2 fully saturated rings. The molecule has 4 nitrogen and oxygen atoms in total. The molecule has 2 aromatic rings. The van der Waals surface area contributed by atoms with Gasteiger partial charge in [-0.25, -0.2) is 0 Å². The summed E-state index contributed by atoms with van der Waals surface area (Å²) in [6, 6.07) is 9.29. The molecule has 0 N–H and O–H groups in total. The molecular weight excluding hydrogens is 310 g/mol. The first kappa shape index (κ1) is 16.8. The molecular formula is C21H29N3O. The summed E-state index contributed by atoms with van der Waals surface area (Å²) in [5.41, 5.74) is 3.43. The van der Waals surface area contributed by atoms with Crippen molar-refractivity contribution in [3.63, 3.8) is 0 Å². The van der Waals surface area contributed by atoms with Crippen molar-refractivity contribution in [1.82, 2.24) is 14.4 Å². The first-order valence-electron chi connectivity index (χ1n) is 9.53.